The first-order chi connectivity index (χ1) is 13.0. The van der Waals surface area contributed by atoms with E-state index in [9.17, 15) is 14.4 Å². The van der Waals surface area contributed by atoms with E-state index in [1.54, 1.807) is 30.5 Å². The minimum atomic E-state index is -0.661. The van der Waals surface area contributed by atoms with Crippen LogP contribution in [0.4, 0.5) is 5.69 Å². The van der Waals surface area contributed by atoms with Crippen molar-refractivity contribution < 1.29 is 9.59 Å². The van der Waals surface area contributed by atoms with E-state index < -0.39 is 17.4 Å². The van der Waals surface area contributed by atoms with Gasteiger partial charge in [-0.2, -0.15) is 0 Å². The van der Waals surface area contributed by atoms with Gasteiger partial charge in [-0.15, -0.1) is 0 Å². The fraction of sp³-hybridized carbons (Fsp3) is 0.0500. The standard InChI is InChI=1S/C20H16BrN3O3/c21-14-9-7-13(8-10-14)12-24-11-3-5-16(20(24)27)19(26)23-17-6-2-1-4-15(17)18(22)25/h1-11H,12H2,(H2,22,25)(H,23,26). The lowest BCUT2D eigenvalue weighted by molar-refractivity contribution is 0.100. The van der Waals surface area contributed by atoms with Gasteiger partial charge in [0, 0.05) is 10.7 Å². The predicted octanol–water partition coefficient (Wildman–Crippen LogP) is 3.01. The molecule has 27 heavy (non-hydrogen) atoms. The van der Waals surface area contributed by atoms with Gasteiger partial charge in [-0.1, -0.05) is 40.2 Å². The fourth-order valence-corrected chi connectivity index (χ4v) is 2.88. The molecule has 7 heteroatoms. The number of rotatable bonds is 5. The SMILES string of the molecule is NC(=O)c1ccccc1NC(=O)c1cccn(Cc2ccc(Br)cc2)c1=O. The van der Waals surface area contributed by atoms with Crippen molar-refractivity contribution in [3.05, 3.63) is 98.4 Å². The molecule has 3 aromatic rings. The van der Waals surface area contributed by atoms with Crippen molar-refractivity contribution in [2.45, 2.75) is 6.54 Å². The van der Waals surface area contributed by atoms with E-state index in [2.05, 4.69) is 21.2 Å². The van der Waals surface area contributed by atoms with Crippen LogP contribution in [0.2, 0.25) is 0 Å². The van der Waals surface area contributed by atoms with Crippen molar-refractivity contribution in [3.8, 4) is 0 Å². The number of benzene rings is 2. The largest absolute Gasteiger partial charge is 0.366 e. The van der Waals surface area contributed by atoms with Crippen LogP contribution in [0, 0.1) is 0 Å². The Kier molecular flexibility index (Phi) is 5.52. The summed E-state index contributed by atoms with van der Waals surface area (Å²) in [5.41, 5.74) is 6.25. The summed E-state index contributed by atoms with van der Waals surface area (Å²) in [6.07, 6.45) is 1.62. The highest BCUT2D eigenvalue weighted by Crippen LogP contribution is 2.15. The van der Waals surface area contributed by atoms with Crippen LogP contribution in [0.5, 0.6) is 0 Å². The number of aromatic nitrogens is 1. The normalized spacial score (nSPS) is 10.4. The summed E-state index contributed by atoms with van der Waals surface area (Å²) in [4.78, 5) is 36.8. The molecule has 0 atom stereocenters. The zero-order valence-corrected chi connectivity index (χ0v) is 15.8. The molecule has 0 fully saturated rings. The van der Waals surface area contributed by atoms with Gasteiger partial charge in [0.2, 0.25) is 0 Å². The first-order valence-electron chi connectivity index (χ1n) is 8.10. The summed E-state index contributed by atoms with van der Waals surface area (Å²) in [5.74, 6) is -1.26. The summed E-state index contributed by atoms with van der Waals surface area (Å²) >= 11 is 3.37. The second-order valence-corrected chi connectivity index (χ2v) is 6.76. The van der Waals surface area contributed by atoms with E-state index in [1.807, 2.05) is 24.3 Å². The number of amides is 2. The lowest BCUT2D eigenvalue weighted by Crippen LogP contribution is -2.29. The molecular formula is C20H16BrN3O3. The van der Waals surface area contributed by atoms with E-state index in [1.165, 1.54) is 16.7 Å². The summed E-state index contributed by atoms with van der Waals surface area (Å²) in [5, 5.41) is 2.59. The quantitative estimate of drug-likeness (QED) is 0.657. The number of pyridine rings is 1. The van der Waals surface area contributed by atoms with Gasteiger partial charge < -0.3 is 15.6 Å². The molecule has 0 aliphatic rings. The van der Waals surface area contributed by atoms with Gasteiger partial charge in [0.25, 0.3) is 17.4 Å². The van der Waals surface area contributed by atoms with E-state index in [0.29, 0.717) is 6.54 Å². The number of hydrogen-bond donors (Lipinski definition) is 2. The highest BCUT2D eigenvalue weighted by molar-refractivity contribution is 9.10. The Hall–Kier alpha value is -3.19. The number of para-hydroxylation sites is 1. The topological polar surface area (TPSA) is 94.2 Å². The van der Waals surface area contributed by atoms with Gasteiger partial charge in [-0.25, -0.2) is 0 Å². The Morgan fingerprint density at radius 3 is 2.33 bits per heavy atom. The summed E-state index contributed by atoms with van der Waals surface area (Å²) in [7, 11) is 0. The molecule has 136 valence electrons. The molecule has 2 amide bonds. The molecule has 0 spiro atoms. The van der Waals surface area contributed by atoms with Crippen molar-refractivity contribution in [2.75, 3.05) is 5.32 Å². The Bertz CT molecular complexity index is 1060. The van der Waals surface area contributed by atoms with Crippen molar-refractivity contribution in [3.63, 3.8) is 0 Å². The monoisotopic (exact) mass is 425 g/mol. The van der Waals surface area contributed by atoms with Crippen LogP contribution in [0.15, 0.2) is 76.1 Å². The molecule has 6 nitrogen and oxygen atoms in total. The Morgan fingerprint density at radius 2 is 1.63 bits per heavy atom. The van der Waals surface area contributed by atoms with Gasteiger partial charge >= 0.3 is 0 Å². The summed E-state index contributed by atoms with van der Waals surface area (Å²) in [6.45, 7) is 0.338. The molecule has 0 aliphatic carbocycles. The van der Waals surface area contributed by atoms with Crippen molar-refractivity contribution in [1.82, 2.24) is 4.57 Å². The number of primary amides is 1. The number of nitrogens with zero attached hydrogens (tertiary/aromatic N) is 1. The molecule has 1 heterocycles. The molecular weight excluding hydrogens is 410 g/mol. The van der Waals surface area contributed by atoms with Crippen LogP contribution in [0.3, 0.4) is 0 Å². The van der Waals surface area contributed by atoms with Gasteiger partial charge in [-0.3, -0.25) is 14.4 Å². The molecule has 0 bridgehead atoms. The Labute approximate surface area is 163 Å². The van der Waals surface area contributed by atoms with Crippen LogP contribution < -0.4 is 16.6 Å². The van der Waals surface area contributed by atoms with Crippen LogP contribution in [-0.2, 0) is 6.54 Å². The van der Waals surface area contributed by atoms with Crippen LogP contribution in [-0.4, -0.2) is 16.4 Å². The van der Waals surface area contributed by atoms with Gasteiger partial charge in [0.1, 0.15) is 5.56 Å². The number of carbonyl (C=O) groups excluding carboxylic acids is 2. The molecule has 1 aromatic heterocycles. The van der Waals surface area contributed by atoms with Gasteiger partial charge in [0.15, 0.2) is 0 Å². The molecule has 0 saturated carbocycles. The third-order valence-electron chi connectivity index (χ3n) is 3.97. The second kappa shape index (κ2) is 8.01. The number of halogens is 1. The first-order valence-corrected chi connectivity index (χ1v) is 8.89. The predicted molar refractivity (Wildman–Crippen MR) is 107 cm³/mol. The summed E-state index contributed by atoms with van der Waals surface area (Å²) < 4.78 is 2.40. The maximum atomic E-state index is 12.7. The molecule has 0 aliphatic heterocycles. The highest BCUT2D eigenvalue weighted by Gasteiger charge is 2.15. The zero-order chi connectivity index (χ0) is 19.4. The average molecular weight is 426 g/mol. The zero-order valence-electron chi connectivity index (χ0n) is 14.2. The lowest BCUT2D eigenvalue weighted by Gasteiger charge is -2.11. The smallest absolute Gasteiger partial charge is 0.263 e. The minimum Gasteiger partial charge on any atom is -0.366 e. The maximum absolute atomic E-state index is 12.7. The molecule has 3 N–H and O–H groups in total. The highest BCUT2D eigenvalue weighted by atomic mass is 79.9. The van der Waals surface area contributed by atoms with Crippen molar-refractivity contribution in [2.24, 2.45) is 5.73 Å². The van der Waals surface area contributed by atoms with Crippen molar-refractivity contribution >= 4 is 33.4 Å². The number of nitrogens with two attached hydrogens (primary N) is 1. The molecule has 0 radical (unpaired) electrons. The third kappa shape index (κ3) is 4.32. The summed E-state index contributed by atoms with van der Waals surface area (Å²) in [6, 6.07) is 17.0. The Morgan fingerprint density at radius 1 is 0.963 bits per heavy atom. The third-order valence-corrected chi connectivity index (χ3v) is 4.50. The molecule has 2 aromatic carbocycles. The fourth-order valence-electron chi connectivity index (χ4n) is 2.62. The molecule has 0 unspecified atom stereocenters. The Balaban J connectivity index is 1.87. The van der Waals surface area contributed by atoms with E-state index in [-0.39, 0.29) is 16.8 Å². The van der Waals surface area contributed by atoms with Crippen LogP contribution in [0.1, 0.15) is 26.3 Å². The minimum absolute atomic E-state index is 0.0196. The molecule has 0 saturated heterocycles. The average Bonchev–Trinajstić information content (AvgIpc) is 2.65. The number of nitrogens with one attached hydrogen (secondary N) is 1. The van der Waals surface area contributed by atoms with E-state index in [4.69, 9.17) is 5.73 Å². The number of carbonyl (C=O) groups is 2. The maximum Gasteiger partial charge on any atom is 0.263 e. The van der Waals surface area contributed by atoms with Gasteiger partial charge in [-0.05, 0) is 42.0 Å². The van der Waals surface area contributed by atoms with Crippen LogP contribution >= 0.6 is 15.9 Å². The lowest BCUT2D eigenvalue weighted by atomic mass is 10.1. The number of hydrogen-bond acceptors (Lipinski definition) is 3. The van der Waals surface area contributed by atoms with Crippen LogP contribution in [0.25, 0.3) is 0 Å². The van der Waals surface area contributed by atoms with E-state index in [0.717, 1.165) is 10.0 Å². The van der Waals surface area contributed by atoms with Gasteiger partial charge in [0.05, 0.1) is 17.8 Å². The molecule has 3 rings (SSSR count). The van der Waals surface area contributed by atoms with E-state index >= 15 is 0 Å². The first kappa shape index (κ1) is 18.6. The number of anilines is 1. The van der Waals surface area contributed by atoms with Crippen molar-refractivity contribution in [1.29, 1.82) is 0 Å². The second-order valence-electron chi connectivity index (χ2n) is 5.85.